The van der Waals surface area contributed by atoms with Gasteiger partial charge < -0.3 is 19.7 Å². The number of benzene rings is 3. The van der Waals surface area contributed by atoms with Crippen LogP contribution in [0.1, 0.15) is 26.3 Å². The molecule has 0 radical (unpaired) electrons. The Bertz CT molecular complexity index is 1420. The van der Waals surface area contributed by atoms with Gasteiger partial charge in [0.05, 0.1) is 14.2 Å². The second-order valence-electron chi connectivity index (χ2n) is 8.39. The van der Waals surface area contributed by atoms with Gasteiger partial charge in [0, 0.05) is 43.1 Å². The molecule has 1 aliphatic rings. The Morgan fingerprint density at radius 3 is 2.25 bits per heavy atom. The fourth-order valence-corrected chi connectivity index (χ4v) is 5.05. The highest BCUT2D eigenvalue weighted by Crippen LogP contribution is 2.33. The molecular weight excluding hydrogens is 482 g/mol. The lowest BCUT2D eigenvalue weighted by Gasteiger charge is -2.19. The van der Waals surface area contributed by atoms with Gasteiger partial charge in [-0.2, -0.15) is 0 Å². The first-order chi connectivity index (χ1) is 17.1. The van der Waals surface area contributed by atoms with Gasteiger partial charge in [-0.15, -0.1) is 0 Å². The van der Waals surface area contributed by atoms with Crippen molar-refractivity contribution in [3.8, 4) is 11.5 Å². The lowest BCUT2D eigenvalue weighted by Crippen LogP contribution is -2.28. The molecule has 10 heteroatoms. The zero-order valence-electron chi connectivity index (χ0n) is 20.4. The van der Waals surface area contributed by atoms with Crippen LogP contribution in [-0.2, 0) is 16.4 Å². The van der Waals surface area contributed by atoms with E-state index < -0.39 is 15.9 Å². The third kappa shape index (κ3) is 4.77. The van der Waals surface area contributed by atoms with Crippen LogP contribution < -0.4 is 19.7 Å². The second-order valence-corrected chi connectivity index (χ2v) is 10.5. The van der Waals surface area contributed by atoms with E-state index in [1.807, 2.05) is 6.07 Å². The third-order valence-corrected chi connectivity index (χ3v) is 7.84. The first-order valence-electron chi connectivity index (χ1n) is 11.2. The summed E-state index contributed by atoms with van der Waals surface area (Å²) in [5.41, 5.74) is 2.90. The molecule has 1 heterocycles. The third-order valence-electron chi connectivity index (χ3n) is 6.01. The lowest BCUT2D eigenvalue weighted by molar-refractivity contribution is 0.0988. The van der Waals surface area contributed by atoms with Gasteiger partial charge in [0.25, 0.3) is 11.8 Å². The van der Waals surface area contributed by atoms with E-state index in [0.29, 0.717) is 30.0 Å². The van der Waals surface area contributed by atoms with Crippen LogP contribution in [0.15, 0.2) is 65.6 Å². The van der Waals surface area contributed by atoms with Crippen LogP contribution in [0.3, 0.4) is 0 Å². The molecule has 4 rings (SSSR count). The van der Waals surface area contributed by atoms with Gasteiger partial charge in [0.15, 0.2) is 0 Å². The van der Waals surface area contributed by atoms with Crippen molar-refractivity contribution < 1.29 is 27.5 Å². The highest BCUT2D eigenvalue weighted by molar-refractivity contribution is 7.89. The molecule has 3 aromatic carbocycles. The largest absolute Gasteiger partial charge is 0.497 e. The Hall–Kier alpha value is -3.89. The molecule has 2 amide bonds. The summed E-state index contributed by atoms with van der Waals surface area (Å²) in [7, 11) is 1.92. The van der Waals surface area contributed by atoms with Crippen LogP contribution in [-0.4, -0.2) is 59.4 Å². The summed E-state index contributed by atoms with van der Waals surface area (Å²) in [6.45, 7) is 0.530. The molecular formula is C26H27N3O6S. The number of sulfonamides is 1. The van der Waals surface area contributed by atoms with Gasteiger partial charge in [0.1, 0.15) is 16.4 Å². The first kappa shape index (κ1) is 25.2. The minimum atomic E-state index is -3.83. The number of nitrogens with zero attached hydrogens (tertiary/aromatic N) is 2. The Kier molecular flexibility index (Phi) is 7.00. The standard InChI is InChI=1S/C26H27N3O6S/c1-28(2)36(32,33)24-15-19(8-12-23(24)35-4)25(30)27-20-9-5-17-13-14-29(22(17)16-20)26(31)18-6-10-21(34-3)11-7-18/h5-12,15-16H,13-14H2,1-4H3,(H,27,30). The Balaban J connectivity index is 1.58. The zero-order chi connectivity index (χ0) is 26.0. The number of rotatable bonds is 7. The average molecular weight is 510 g/mol. The van der Waals surface area contributed by atoms with Crippen molar-refractivity contribution in [2.75, 3.05) is 45.1 Å². The predicted molar refractivity (Wildman–Crippen MR) is 137 cm³/mol. The number of carbonyl (C=O) groups is 2. The van der Waals surface area contributed by atoms with Crippen molar-refractivity contribution in [3.63, 3.8) is 0 Å². The SMILES string of the molecule is COc1ccc(C(=O)N2CCc3ccc(NC(=O)c4ccc(OC)c(S(=O)(=O)N(C)C)c4)cc32)cc1. The topological polar surface area (TPSA) is 105 Å². The Morgan fingerprint density at radius 1 is 0.917 bits per heavy atom. The maximum atomic E-state index is 13.1. The molecule has 0 saturated carbocycles. The van der Waals surface area contributed by atoms with E-state index in [-0.39, 0.29) is 22.1 Å². The quantitative estimate of drug-likeness (QED) is 0.523. The fraction of sp³-hybridized carbons (Fsp3) is 0.231. The molecule has 0 spiro atoms. The van der Waals surface area contributed by atoms with E-state index in [1.54, 1.807) is 48.4 Å². The maximum absolute atomic E-state index is 13.1. The van der Waals surface area contributed by atoms with Crippen LogP contribution in [0.2, 0.25) is 0 Å². The second kappa shape index (κ2) is 10.00. The van der Waals surface area contributed by atoms with Gasteiger partial charge in [-0.25, -0.2) is 12.7 Å². The van der Waals surface area contributed by atoms with Crippen molar-refractivity contribution in [2.24, 2.45) is 0 Å². The van der Waals surface area contributed by atoms with Crippen molar-refractivity contribution in [3.05, 3.63) is 77.4 Å². The summed E-state index contributed by atoms with van der Waals surface area (Å²) in [5.74, 6) is 0.177. The van der Waals surface area contributed by atoms with Crippen LogP contribution in [0.25, 0.3) is 0 Å². The molecule has 0 saturated heterocycles. The maximum Gasteiger partial charge on any atom is 0.258 e. The lowest BCUT2D eigenvalue weighted by atomic mass is 10.1. The minimum absolute atomic E-state index is 0.104. The van der Waals surface area contributed by atoms with E-state index in [9.17, 15) is 18.0 Å². The highest BCUT2D eigenvalue weighted by atomic mass is 32.2. The summed E-state index contributed by atoms with van der Waals surface area (Å²) in [6.07, 6.45) is 0.704. The van der Waals surface area contributed by atoms with Crippen LogP contribution >= 0.6 is 0 Å². The summed E-state index contributed by atoms with van der Waals surface area (Å²) in [4.78, 5) is 27.7. The van der Waals surface area contributed by atoms with Gasteiger partial charge in [-0.05, 0) is 66.6 Å². The van der Waals surface area contributed by atoms with Crippen LogP contribution in [0, 0.1) is 0 Å². The predicted octanol–water partition coefficient (Wildman–Crippen LogP) is 3.41. The molecule has 9 nitrogen and oxygen atoms in total. The normalized spacial score (nSPS) is 12.9. The van der Waals surface area contributed by atoms with Crippen molar-refractivity contribution in [2.45, 2.75) is 11.3 Å². The molecule has 36 heavy (non-hydrogen) atoms. The van der Waals surface area contributed by atoms with Crippen molar-refractivity contribution in [1.29, 1.82) is 0 Å². The molecule has 0 aromatic heterocycles. The van der Waals surface area contributed by atoms with E-state index >= 15 is 0 Å². The number of amides is 2. The summed E-state index contributed by atoms with van der Waals surface area (Å²) < 4.78 is 36.8. The van der Waals surface area contributed by atoms with E-state index in [4.69, 9.17) is 9.47 Å². The number of anilines is 2. The number of fused-ring (bicyclic) bond motifs is 1. The Morgan fingerprint density at radius 2 is 1.61 bits per heavy atom. The molecule has 188 valence electrons. The number of carbonyl (C=O) groups excluding carboxylic acids is 2. The molecule has 0 bridgehead atoms. The molecule has 1 aliphatic heterocycles. The molecule has 1 N–H and O–H groups in total. The number of hydrogen-bond acceptors (Lipinski definition) is 6. The molecule has 0 atom stereocenters. The van der Waals surface area contributed by atoms with Gasteiger partial charge in [-0.1, -0.05) is 6.07 Å². The van der Waals surface area contributed by atoms with Gasteiger partial charge >= 0.3 is 0 Å². The van der Waals surface area contributed by atoms with Gasteiger partial charge in [0.2, 0.25) is 10.0 Å². The molecule has 0 aliphatic carbocycles. The smallest absolute Gasteiger partial charge is 0.258 e. The van der Waals surface area contributed by atoms with E-state index in [0.717, 1.165) is 15.6 Å². The average Bonchev–Trinajstić information content (AvgIpc) is 3.31. The van der Waals surface area contributed by atoms with E-state index in [1.165, 1.54) is 39.4 Å². The molecule has 0 unspecified atom stereocenters. The van der Waals surface area contributed by atoms with Crippen LogP contribution in [0.4, 0.5) is 11.4 Å². The van der Waals surface area contributed by atoms with Crippen LogP contribution in [0.5, 0.6) is 11.5 Å². The summed E-state index contributed by atoms with van der Waals surface area (Å²) in [6, 6.07) is 16.5. The zero-order valence-corrected chi connectivity index (χ0v) is 21.3. The number of hydrogen-bond donors (Lipinski definition) is 1. The minimum Gasteiger partial charge on any atom is -0.497 e. The Labute approximate surface area is 210 Å². The number of methoxy groups -OCH3 is 2. The molecule has 3 aromatic rings. The first-order valence-corrected chi connectivity index (χ1v) is 12.6. The molecule has 0 fully saturated rings. The monoisotopic (exact) mass is 509 g/mol. The highest BCUT2D eigenvalue weighted by Gasteiger charge is 2.27. The van der Waals surface area contributed by atoms with Crippen molar-refractivity contribution in [1.82, 2.24) is 4.31 Å². The summed E-state index contributed by atoms with van der Waals surface area (Å²) >= 11 is 0. The fourth-order valence-electron chi connectivity index (χ4n) is 3.98. The number of nitrogens with one attached hydrogen (secondary N) is 1. The van der Waals surface area contributed by atoms with Crippen molar-refractivity contribution >= 4 is 33.2 Å². The number of ether oxygens (including phenoxy) is 2. The summed E-state index contributed by atoms with van der Waals surface area (Å²) in [5, 5.41) is 2.80. The van der Waals surface area contributed by atoms with E-state index in [2.05, 4.69) is 5.32 Å². The van der Waals surface area contributed by atoms with Gasteiger partial charge in [-0.3, -0.25) is 9.59 Å².